The molecular formula is C12H13ClFN3. The van der Waals surface area contributed by atoms with Crippen molar-refractivity contribution in [2.75, 3.05) is 0 Å². The number of hydrogen-bond acceptors (Lipinski definition) is 2. The number of hydrogen-bond donors (Lipinski definition) is 1. The van der Waals surface area contributed by atoms with Gasteiger partial charge in [0.05, 0.1) is 5.69 Å². The molecule has 1 aromatic heterocycles. The molecule has 0 radical (unpaired) electrons. The Bertz CT molecular complexity index is 510. The van der Waals surface area contributed by atoms with Crippen LogP contribution in [0, 0.1) is 5.82 Å². The third-order valence-corrected chi connectivity index (χ3v) is 2.77. The zero-order valence-electron chi connectivity index (χ0n) is 9.45. The van der Waals surface area contributed by atoms with Crippen LogP contribution in [0.3, 0.4) is 0 Å². The summed E-state index contributed by atoms with van der Waals surface area (Å²) in [6.45, 7) is 1.15. The van der Waals surface area contributed by atoms with Gasteiger partial charge in [-0.1, -0.05) is 11.6 Å². The van der Waals surface area contributed by atoms with Gasteiger partial charge in [-0.2, -0.15) is 5.10 Å². The molecule has 0 aliphatic heterocycles. The molecule has 3 nitrogen and oxygen atoms in total. The normalized spacial score (nSPS) is 10.8. The van der Waals surface area contributed by atoms with Crippen LogP contribution in [0.5, 0.6) is 0 Å². The molecule has 0 saturated heterocycles. The molecule has 0 saturated carbocycles. The Labute approximate surface area is 104 Å². The van der Waals surface area contributed by atoms with Crippen LogP contribution in [0.2, 0.25) is 5.02 Å². The van der Waals surface area contributed by atoms with Crippen LogP contribution in [0.4, 0.5) is 4.39 Å². The summed E-state index contributed by atoms with van der Waals surface area (Å²) in [7, 11) is 1.87. The van der Waals surface area contributed by atoms with Gasteiger partial charge in [-0.05, 0) is 29.8 Å². The maximum atomic E-state index is 13.0. The Morgan fingerprint density at radius 2 is 2.18 bits per heavy atom. The first kappa shape index (κ1) is 12.1. The third-order valence-electron chi connectivity index (χ3n) is 2.40. The number of aromatic nitrogens is 2. The van der Waals surface area contributed by atoms with Crippen LogP contribution in [0.15, 0.2) is 30.5 Å². The quantitative estimate of drug-likeness (QED) is 0.907. The second-order valence-corrected chi connectivity index (χ2v) is 4.23. The van der Waals surface area contributed by atoms with Crippen molar-refractivity contribution in [3.63, 3.8) is 0 Å². The van der Waals surface area contributed by atoms with Crippen LogP contribution >= 0.6 is 11.6 Å². The fraction of sp³-hybridized carbons (Fsp3) is 0.250. The molecule has 1 aromatic carbocycles. The van der Waals surface area contributed by atoms with E-state index in [1.807, 2.05) is 19.3 Å². The summed E-state index contributed by atoms with van der Waals surface area (Å²) < 4.78 is 14.7. The largest absolute Gasteiger partial charge is 0.307 e. The van der Waals surface area contributed by atoms with Crippen LogP contribution in [-0.2, 0) is 20.1 Å². The molecule has 90 valence electrons. The lowest BCUT2D eigenvalue weighted by molar-refractivity contribution is 0.617. The van der Waals surface area contributed by atoms with Crippen molar-refractivity contribution in [1.29, 1.82) is 0 Å². The molecule has 0 spiro atoms. The maximum absolute atomic E-state index is 13.0. The Morgan fingerprint density at radius 3 is 2.88 bits per heavy atom. The molecule has 2 aromatic rings. The predicted octanol–water partition coefficient (Wildman–Crippen LogP) is 2.50. The Kier molecular flexibility index (Phi) is 3.76. The molecule has 1 heterocycles. The number of nitrogens with one attached hydrogen (secondary N) is 1. The minimum absolute atomic E-state index is 0.274. The van der Waals surface area contributed by atoms with E-state index in [1.54, 1.807) is 10.7 Å². The highest BCUT2D eigenvalue weighted by Gasteiger charge is 2.02. The average Bonchev–Trinajstić information content (AvgIpc) is 2.69. The summed E-state index contributed by atoms with van der Waals surface area (Å²) in [6.07, 6.45) is 1.88. The fourth-order valence-electron chi connectivity index (χ4n) is 1.56. The molecule has 1 N–H and O–H groups in total. The standard InChI is InChI=1S/C12H13ClFN3/c1-17-5-4-11(16-17)8-15-7-9-6-10(14)2-3-12(9)13/h2-6,15H,7-8H2,1H3. The van der Waals surface area contributed by atoms with Crippen molar-refractivity contribution in [2.45, 2.75) is 13.1 Å². The zero-order chi connectivity index (χ0) is 12.3. The molecule has 0 unspecified atom stereocenters. The molecule has 0 aliphatic rings. The maximum Gasteiger partial charge on any atom is 0.123 e. The summed E-state index contributed by atoms with van der Waals surface area (Å²) >= 11 is 5.96. The molecule has 0 amide bonds. The van der Waals surface area contributed by atoms with E-state index in [0.29, 0.717) is 18.1 Å². The van der Waals surface area contributed by atoms with Gasteiger partial charge in [-0.25, -0.2) is 4.39 Å². The second-order valence-electron chi connectivity index (χ2n) is 3.82. The lowest BCUT2D eigenvalue weighted by Crippen LogP contribution is -2.13. The van der Waals surface area contributed by atoms with Crippen molar-refractivity contribution >= 4 is 11.6 Å². The SMILES string of the molecule is Cn1ccc(CNCc2cc(F)ccc2Cl)n1. The highest BCUT2D eigenvalue weighted by Crippen LogP contribution is 2.16. The van der Waals surface area contributed by atoms with E-state index >= 15 is 0 Å². The van der Waals surface area contributed by atoms with E-state index in [4.69, 9.17) is 11.6 Å². The molecule has 17 heavy (non-hydrogen) atoms. The number of benzene rings is 1. The summed E-state index contributed by atoms with van der Waals surface area (Å²) in [5, 5.41) is 7.97. The Hall–Kier alpha value is -1.39. The first-order chi connectivity index (χ1) is 8.15. The summed E-state index contributed by atoms with van der Waals surface area (Å²) in [5.41, 5.74) is 1.70. The number of halogens is 2. The van der Waals surface area contributed by atoms with Crippen molar-refractivity contribution in [3.8, 4) is 0 Å². The van der Waals surface area contributed by atoms with Gasteiger partial charge in [0.1, 0.15) is 5.82 Å². The predicted molar refractivity (Wildman–Crippen MR) is 65.2 cm³/mol. The van der Waals surface area contributed by atoms with Gasteiger partial charge in [0.2, 0.25) is 0 Å². The number of nitrogens with zero attached hydrogens (tertiary/aromatic N) is 2. The van der Waals surface area contributed by atoms with E-state index in [0.717, 1.165) is 11.3 Å². The third kappa shape index (κ3) is 3.28. The van der Waals surface area contributed by atoms with Crippen LogP contribution in [0.25, 0.3) is 0 Å². The topological polar surface area (TPSA) is 29.9 Å². The van der Waals surface area contributed by atoms with Crippen molar-refractivity contribution in [3.05, 3.63) is 52.6 Å². The number of aryl methyl sites for hydroxylation is 1. The monoisotopic (exact) mass is 253 g/mol. The van der Waals surface area contributed by atoms with E-state index < -0.39 is 0 Å². The van der Waals surface area contributed by atoms with Crippen molar-refractivity contribution in [1.82, 2.24) is 15.1 Å². The van der Waals surface area contributed by atoms with E-state index in [-0.39, 0.29) is 5.82 Å². The minimum Gasteiger partial charge on any atom is -0.307 e. The average molecular weight is 254 g/mol. The van der Waals surface area contributed by atoms with E-state index in [9.17, 15) is 4.39 Å². The highest BCUT2D eigenvalue weighted by atomic mass is 35.5. The van der Waals surface area contributed by atoms with Gasteiger partial charge in [0, 0.05) is 31.4 Å². The van der Waals surface area contributed by atoms with Crippen LogP contribution in [0.1, 0.15) is 11.3 Å². The molecule has 0 fully saturated rings. The van der Waals surface area contributed by atoms with Crippen molar-refractivity contribution in [2.24, 2.45) is 7.05 Å². The summed E-state index contributed by atoms with van der Waals surface area (Å²) in [4.78, 5) is 0. The fourth-order valence-corrected chi connectivity index (χ4v) is 1.75. The zero-order valence-corrected chi connectivity index (χ0v) is 10.2. The van der Waals surface area contributed by atoms with Gasteiger partial charge >= 0.3 is 0 Å². The van der Waals surface area contributed by atoms with Gasteiger partial charge in [-0.15, -0.1) is 0 Å². The minimum atomic E-state index is -0.274. The smallest absolute Gasteiger partial charge is 0.123 e. The highest BCUT2D eigenvalue weighted by molar-refractivity contribution is 6.31. The molecule has 0 aliphatic carbocycles. The Balaban J connectivity index is 1.91. The van der Waals surface area contributed by atoms with Crippen LogP contribution < -0.4 is 5.32 Å². The van der Waals surface area contributed by atoms with Crippen molar-refractivity contribution < 1.29 is 4.39 Å². The second kappa shape index (κ2) is 5.29. The molecule has 5 heteroatoms. The molecule has 0 bridgehead atoms. The first-order valence-electron chi connectivity index (χ1n) is 5.28. The van der Waals surface area contributed by atoms with Gasteiger partial charge in [0.25, 0.3) is 0 Å². The molecule has 0 atom stereocenters. The molecular weight excluding hydrogens is 241 g/mol. The van der Waals surface area contributed by atoms with E-state index in [2.05, 4.69) is 10.4 Å². The van der Waals surface area contributed by atoms with E-state index in [1.165, 1.54) is 12.1 Å². The van der Waals surface area contributed by atoms with Crippen LogP contribution in [-0.4, -0.2) is 9.78 Å². The van der Waals surface area contributed by atoms with Gasteiger partial charge in [0.15, 0.2) is 0 Å². The van der Waals surface area contributed by atoms with Gasteiger partial charge < -0.3 is 5.32 Å². The molecule has 2 rings (SSSR count). The summed E-state index contributed by atoms with van der Waals surface area (Å²) in [6, 6.07) is 6.28. The number of rotatable bonds is 4. The Morgan fingerprint density at radius 1 is 1.35 bits per heavy atom. The first-order valence-corrected chi connectivity index (χ1v) is 5.66. The lowest BCUT2D eigenvalue weighted by Gasteiger charge is -2.05. The van der Waals surface area contributed by atoms with Gasteiger partial charge in [-0.3, -0.25) is 4.68 Å². The lowest BCUT2D eigenvalue weighted by atomic mass is 10.2. The summed E-state index contributed by atoms with van der Waals surface area (Å²) in [5.74, 6) is -0.274.